The fraction of sp³-hybridized carbons (Fsp3) is 0.176. The number of halogens is 1. The van der Waals surface area contributed by atoms with E-state index in [9.17, 15) is 14.0 Å². The summed E-state index contributed by atoms with van der Waals surface area (Å²) in [6.45, 7) is 1.50. The van der Waals surface area contributed by atoms with E-state index in [0.717, 1.165) is 0 Å². The molecule has 0 aromatic heterocycles. The summed E-state index contributed by atoms with van der Waals surface area (Å²) in [6.07, 6.45) is 0. The van der Waals surface area contributed by atoms with Crippen LogP contribution in [0.25, 0.3) is 0 Å². The third kappa shape index (κ3) is 2.88. The van der Waals surface area contributed by atoms with Gasteiger partial charge in [0, 0.05) is 6.54 Å². The molecule has 2 aromatic carbocycles. The third-order valence-electron chi connectivity index (χ3n) is 3.66. The van der Waals surface area contributed by atoms with E-state index in [1.54, 1.807) is 36.4 Å². The van der Waals surface area contributed by atoms with Crippen LogP contribution >= 0.6 is 0 Å². The highest BCUT2D eigenvalue weighted by Gasteiger charge is 2.47. The van der Waals surface area contributed by atoms with Crippen LogP contribution in [0.4, 0.5) is 10.1 Å². The van der Waals surface area contributed by atoms with Crippen molar-refractivity contribution in [3.8, 4) is 5.75 Å². The maximum atomic E-state index is 13.1. The Balaban J connectivity index is 1.75. The van der Waals surface area contributed by atoms with E-state index in [2.05, 4.69) is 10.6 Å². The van der Waals surface area contributed by atoms with Gasteiger partial charge in [-0.1, -0.05) is 24.3 Å². The number of nitrogens with one attached hydrogen (secondary N) is 2. The number of ether oxygens (including phenoxy) is 1. The Labute approximate surface area is 132 Å². The van der Waals surface area contributed by atoms with Gasteiger partial charge in [-0.25, -0.2) is 4.39 Å². The number of hydrogen-bond acceptors (Lipinski definition) is 3. The molecule has 3 rings (SSSR count). The smallest absolute Gasteiger partial charge is 0.278 e. The van der Waals surface area contributed by atoms with E-state index in [-0.39, 0.29) is 12.4 Å². The number of hydrogen-bond donors (Lipinski definition) is 2. The molecule has 118 valence electrons. The summed E-state index contributed by atoms with van der Waals surface area (Å²) in [5.41, 5.74) is -0.562. The minimum Gasteiger partial charge on any atom is -0.466 e. The van der Waals surface area contributed by atoms with Gasteiger partial charge in [-0.05, 0) is 36.8 Å². The molecule has 2 aromatic rings. The molecule has 2 amide bonds. The molecule has 1 atom stereocenters. The van der Waals surface area contributed by atoms with Crippen molar-refractivity contribution in [1.29, 1.82) is 0 Å². The second-order valence-electron chi connectivity index (χ2n) is 5.40. The Bertz CT molecular complexity index is 778. The lowest BCUT2D eigenvalue weighted by molar-refractivity contribution is -0.146. The molecule has 0 fully saturated rings. The minimum atomic E-state index is -1.68. The molecule has 0 saturated heterocycles. The second kappa shape index (κ2) is 5.72. The summed E-state index contributed by atoms with van der Waals surface area (Å²) in [4.78, 5) is 24.6. The maximum absolute atomic E-state index is 13.1. The lowest BCUT2D eigenvalue weighted by Gasteiger charge is -2.33. The van der Waals surface area contributed by atoms with E-state index in [1.807, 2.05) is 0 Å². The highest BCUT2D eigenvalue weighted by Crippen LogP contribution is 2.33. The van der Waals surface area contributed by atoms with Crippen LogP contribution in [0.1, 0.15) is 12.5 Å². The predicted octanol–water partition coefficient (Wildman–Crippen LogP) is 2.23. The van der Waals surface area contributed by atoms with Crippen LogP contribution in [0.5, 0.6) is 5.75 Å². The number of fused-ring (bicyclic) bond motifs is 1. The second-order valence-corrected chi connectivity index (χ2v) is 5.40. The zero-order valence-corrected chi connectivity index (χ0v) is 12.4. The monoisotopic (exact) mass is 314 g/mol. The lowest BCUT2D eigenvalue weighted by Crippen LogP contribution is -2.58. The first kappa shape index (κ1) is 15.0. The number of anilines is 1. The van der Waals surface area contributed by atoms with Crippen molar-refractivity contribution in [2.75, 3.05) is 5.32 Å². The minimum absolute atomic E-state index is 0.102. The lowest BCUT2D eigenvalue weighted by atomic mass is 10.0. The molecule has 0 aliphatic carbocycles. The fourth-order valence-electron chi connectivity index (χ4n) is 2.31. The highest BCUT2D eigenvalue weighted by atomic mass is 19.1. The van der Waals surface area contributed by atoms with Crippen LogP contribution in [0.3, 0.4) is 0 Å². The van der Waals surface area contributed by atoms with Gasteiger partial charge in [-0.2, -0.15) is 0 Å². The number of benzene rings is 2. The number of amides is 2. The van der Waals surface area contributed by atoms with Gasteiger partial charge in [-0.15, -0.1) is 0 Å². The summed E-state index contributed by atoms with van der Waals surface area (Å²) < 4.78 is 18.8. The molecule has 1 heterocycles. The first-order chi connectivity index (χ1) is 11.0. The average molecular weight is 314 g/mol. The Kier molecular flexibility index (Phi) is 3.73. The fourth-order valence-corrected chi connectivity index (χ4v) is 2.31. The molecule has 5 nitrogen and oxygen atoms in total. The van der Waals surface area contributed by atoms with Gasteiger partial charge in [0.2, 0.25) is 0 Å². The van der Waals surface area contributed by atoms with E-state index < -0.39 is 17.4 Å². The molecule has 2 N–H and O–H groups in total. The summed E-state index contributed by atoms with van der Waals surface area (Å²) in [7, 11) is 0. The van der Waals surface area contributed by atoms with Gasteiger partial charge >= 0.3 is 0 Å². The largest absolute Gasteiger partial charge is 0.466 e. The Morgan fingerprint density at radius 3 is 2.83 bits per heavy atom. The molecule has 1 aliphatic rings. The molecule has 23 heavy (non-hydrogen) atoms. The molecule has 0 spiro atoms. The summed E-state index contributed by atoms with van der Waals surface area (Å²) in [6, 6.07) is 12.8. The molecule has 6 heteroatoms. The van der Waals surface area contributed by atoms with Crippen LogP contribution in [-0.4, -0.2) is 17.4 Å². The van der Waals surface area contributed by atoms with Crippen LogP contribution in [-0.2, 0) is 16.1 Å². The summed E-state index contributed by atoms with van der Waals surface area (Å²) in [5, 5.41) is 5.26. The maximum Gasteiger partial charge on any atom is 0.278 e. The predicted molar refractivity (Wildman–Crippen MR) is 82.4 cm³/mol. The Morgan fingerprint density at radius 1 is 1.26 bits per heavy atom. The molecule has 0 bridgehead atoms. The average Bonchev–Trinajstić information content (AvgIpc) is 2.53. The van der Waals surface area contributed by atoms with Crippen LogP contribution in [0.15, 0.2) is 48.5 Å². The molecule has 0 saturated carbocycles. The highest BCUT2D eigenvalue weighted by molar-refractivity contribution is 6.15. The van der Waals surface area contributed by atoms with E-state index >= 15 is 0 Å². The SMILES string of the molecule is CC1(C(=O)NCc2cccc(F)c2)Oc2ccccc2NC1=O. The van der Waals surface area contributed by atoms with Gasteiger partial charge in [0.1, 0.15) is 11.6 Å². The summed E-state index contributed by atoms with van der Waals surface area (Å²) in [5.74, 6) is -1.10. The van der Waals surface area contributed by atoms with Crippen molar-refractivity contribution in [3.63, 3.8) is 0 Å². The molecule has 0 radical (unpaired) electrons. The van der Waals surface area contributed by atoms with Crippen LogP contribution in [0.2, 0.25) is 0 Å². The van der Waals surface area contributed by atoms with Crippen molar-refractivity contribution in [2.45, 2.75) is 19.1 Å². The van der Waals surface area contributed by atoms with Crippen molar-refractivity contribution >= 4 is 17.5 Å². The van der Waals surface area contributed by atoms with Crippen LogP contribution < -0.4 is 15.4 Å². The van der Waals surface area contributed by atoms with E-state index in [4.69, 9.17) is 4.74 Å². The molecular weight excluding hydrogens is 299 g/mol. The van der Waals surface area contributed by atoms with Gasteiger partial charge in [0.05, 0.1) is 5.69 Å². The zero-order valence-electron chi connectivity index (χ0n) is 12.4. The number of para-hydroxylation sites is 2. The number of rotatable bonds is 3. The Hall–Kier alpha value is -2.89. The quantitative estimate of drug-likeness (QED) is 0.854. The molecule has 1 aliphatic heterocycles. The topological polar surface area (TPSA) is 67.4 Å². The van der Waals surface area contributed by atoms with E-state index in [1.165, 1.54) is 19.1 Å². The molecule has 1 unspecified atom stereocenters. The van der Waals surface area contributed by atoms with Crippen molar-refractivity contribution in [2.24, 2.45) is 0 Å². The van der Waals surface area contributed by atoms with Crippen molar-refractivity contribution < 1.29 is 18.7 Å². The van der Waals surface area contributed by atoms with Gasteiger partial charge in [0.25, 0.3) is 17.4 Å². The number of carbonyl (C=O) groups excluding carboxylic acids is 2. The van der Waals surface area contributed by atoms with Crippen molar-refractivity contribution in [1.82, 2.24) is 5.32 Å². The summed E-state index contributed by atoms with van der Waals surface area (Å²) >= 11 is 0. The zero-order chi connectivity index (χ0) is 16.4. The number of carbonyl (C=O) groups is 2. The van der Waals surface area contributed by atoms with Crippen molar-refractivity contribution in [3.05, 3.63) is 59.9 Å². The molecular formula is C17H15FN2O3. The first-order valence-corrected chi connectivity index (χ1v) is 7.11. The van der Waals surface area contributed by atoms with Crippen LogP contribution in [0, 0.1) is 5.82 Å². The first-order valence-electron chi connectivity index (χ1n) is 7.11. The normalized spacial score (nSPS) is 19.3. The van der Waals surface area contributed by atoms with Gasteiger partial charge in [0.15, 0.2) is 0 Å². The third-order valence-corrected chi connectivity index (χ3v) is 3.66. The standard InChI is InChI=1S/C17H15FN2O3/c1-17(15(21)19-10-11-5-4-6-12(18)9-11)16(22)20-13-7-2-3-8-14(13)23-17/h2-9H,10H2,1H3,(H,19,21)(H,20,22). The van der Waals surface area contributed by atoms with E-state index in [0.29, 0.717) is 17.0 Å². The van der Waals surface area contributed by atoms with Gasteiger partial charge in [-0.3, -0.25) is 9.59 Å². The van der Waals surface area contributed by atoms with Gasteiger partial charge < -0.3 is 15.4 Å². The Morgan fingerprint density at radius 2 is 2.04 bits per heavy atom.